The summed E-state index contributed by atoms with van der Waals surface area (Å²) < 4.78 is 0. The summed E-state index contributed by atoms with van der Waals surface area (Å²) in [5, 5.41) is 4.90. The van der Waals surface area contributed by atoms with Crippen LogP contribution in [0.2, 0.25) is 0 Å². The monoisotopic (exact) mass is 519 g/mol. The second-order valence-electron chi connectivity index (χ2n) is 11.0. The number of rotatable bonds is 8. The Kier molecular flexibility index (Phi) is 7.20. The Balaban J connectivity index is 1.51. The number of hydrogen-bond acceptors (Lipinski definition) is 3. The fourth-order valence-electron chi connectivity index (χ4n) is 5.15. The van der Waals surface area contributed by atoms with Crippen LogP contribution in [0.5, 0.6) is 0 Å². The minimum atomic E-state index is -0.768. The SMILES string of the molecule is CC(C)(C)NC(=O)[C@@H](Cc1ccccc1)N(Cc1ccccc1)C(=O)CN1C(=O)c2cccc3cccc1c23. The van der Waals surface area contributed by atoms with Crippen molar-refractivity contribution in [1.29, 1.82) is 0 Å². The lowest BCUT2D eigenvalue weighted by atomic mass is 10.0. The number of nitrogens with zero attached hydrogens (tertiary/aromatic N) is 2. The van der Waals surface area contributed by atoms with Crippen molar-refractivity contribution in [3.8, 4) is 0 Å². The molecule has 0 aliphatic carbocycles. The Morgan fingerprint density at radius 2 is 1.44 bits per heavy atom. The van der Waals surface area contributed by atoms with Crippen LogP contribution in [-0.2, 0) is 22.6 Å². The summed E-state index contributed by atoms with van der Waals surface area (Å²) >= 11 is 0. The van der Waals surface area contributed by atoms with E-state index in [1.165, 1.54) is 0 Å². The molecule has 0 bridgehead atoms. The van der Waals surface area contributed by atoms with Crippen LogP contribution in [0.25, 0.3) is 10.8 Å². The molecule has 0 fully saturated rings. The van der Waals surface area contributed by atoms with E-state index < -0.39 is 11.6 Å². The zero-order valence-electron chi connectivity index (χ0n) is 22.6. The predicted octanol–water partition coefficient (Wildman–Crippen LogP) is 5.35. The molecule has 4 aromatic rings. The van der Waals surface area contributed by atoms with Gasteiger partial charge in [-0.1, -0.05) is 84.9 Å². The van der Waals surface area contributed by atoms with Gasteiger partial charge in [-0.3, -0.25) is 19.3 Å². The lowest BCUT2D eigenvalue weighted by Gasteiger charge is -2.34. The summed E-state index contributed by atoms with van der Waals surface area (Å²) in [6, 6.07) is 30.0. The van der Waals surface area contributed by atoms with Crippen LogP contribution in [0, 0.1) is 0 Å². The van der Waals surface area contributed by atoms with Crippen LogP contribution < -0.4 is 10.2 Å². The number of anilines is 1. The largest absolute Gasteiger partial charge is 0.350 e. The number of nitrogens with one attached hydrogen (secondary N) is 1. The van der Waals surface area contributed by atoms with Gasteiger partial charge in [-0.2, -0.15) is 0 Å². The molecule has 6 nitrogen and oxygen atoms in total. The normalized spacial score (nSPS) is 13.4. The molecule has 0 unspecified atom stereocenters. The van der Waals surface area contributed by atoms with E-state index in [9.17, 15) is 14.4 Å². The highest BCUT2D eigenvalue weighted by Gasteiger charge is 2.36. The predicted molar refractivity (Wildman–Crippen MR) is 154 cm³/mol. The Labute approximate surface area is 229 Å². The van der Waals surface area contributed by atoms with Gasteiger partial charge in [0.25, 0.3) is 5.91 Å². The molecule has 1 aliphatic rings. The molecule has 1 atom stereocenters. The first-order valence-electron chi connectivity index (χ1n) is 13.2. The summed E-state index contributed by atoms with van der Waals surface area (Å²) in [6.07, 6.45) is 0.352. The van der Waals surface area contributed by atoms with Crippen LogP contribution >= 0.6 is 0 Å². The van der Waals surface area contributed by atoms with E-state index in [-0.39, 0.29) is 30.8 Å². The van der Waals surface area contributed by atoms with Gasteiger partial charge >= 0.3 is 0 Å². The molecule has 1 N–H and O–H groups in total. The highest BCUT2D eigenvalue weighted by molar-refractivity contribution is 6.26. The topological polar surface area (TPSA) is 69.7 Å². The number of hydrogen-bond donors (Lipinski definition) is 1. The quantitative estimate of drug-likeness (QED) is 0.341. The maximum atomic E-state index is 14.2. The maximum absolute atomic E-state index is 14.2. The van der Waals surface area contributed by atoms with Crippen molar-refractivity contribution in [1.82, 2.24) is 10.2 Å². The molecule has 0 spiro atoms. The minimum Gasteiger partial charge on any atom is -0.350 e. The highest BCUT2D eigenvalue weighted by atomic mass is 16.2. The molecular weight excluding hydrogens is 486 g/mol. The first-order chi connectivity index (χ1) is 18.7. The number of carbonyl (C=O) groups is 3. The number of benzene rings is 4. The summed E-state index contributed by atoms with van der Waals surface area (Å²) in [5.41, 5.74) is 2.70. The Hall–Kier alpha value is -4.45. The molecule has 0 aromatic heterocycles. The molecule has 0 saturated carbocycles. The van der Waals surface area contributed by atoms with Gasteiger partial charge in [-0.25, -0.2) is 0 Å². The van der Waals surface area contributed by atoms with E-state index in [4.69, 9.17) is 0 Å². The van der Waals surface area contributed by atoms with Gasteiger partial charge in [0.15, 0.2) is 0 Å². The van der Waals surface area contributed by atoms with Crippen LogP contribution in [-0.4, -0.2) is 40.7 Å². The molecule has 6 heteroatoms. The van der Waals surface area contributed by atoms with E-state index >= 15 is 0 Å². The molecule has 5 rings (SSSR count). The van der Waals surface area contributed by atoms with Crippen molar-refractivity contribution in [2.45, 2.75) is 45.3 Å². The van der Waals surface area contributed by atoms with Gasteiger partial charge in [0.2, 0.25) is 11.8 Å². The number of amides is 3. The lowest BCUT2D eigenvalue weighted by Crippen LogP contribution is -2.56. The van der Waals surface area contributed by atoms with Crippen molar-refractivity contribution in [2.24, 2.45) is 0 Å². The van der Waals surface area contributed by atoms with Gasteiger partial charge in [0.1, 0.15) is 12.6 Å². The molecule has 198 valence electrons. The summed E-state index contributed by atoms with van der Waals surface area (Å²) in [7, 11) is 0. The number of carbonyl (C=O) groups excluding carboxylic acids is 3. The zero-order valence-corrected chi connectivity index (χ0v) is 22.6. The van der Waals surface area contributed by atoms with Crippen LogP contribution in [0.4, 0.5) is 5.69 Å². The van der Waals surface area contributed by atoms with Gasteiger partial charge < -0.3 is 10.2 Å². The molecule has 4 aromatic carbocycles. The van der Waals surface area contributed by atoms with E-state index in [0.717, 1.165) is 27.6 Å². The smallest absolute Gasteiger partial charge is 0.259 e. The molecule has 3 amide bonds. The minimum absolute atomic E-state index is 0.159. The summed E-state index contributed by atoms with van der Waals surface area (Å²) in [4.78, 5) is 44.5. The van der Waals surface area contributed by atoms with E-state index in [1.807, 2.05) is 112 Å². The first kappa shape index (κ1) is 26.2. The fraction of sp³-hybridized carbons (Fsp3) is 0.242. The molecule has 0 saturated heterocycles. The first-order valence-corrected chi connectivity index (χ1v) is 13.2. The van der Waals surface area contributed by atoms with Crippen molar-refractivity contribution in [3.63, 3.8) is 0 Å². The Bertz CT molecular complexity index is 1500. The average molecular weight is 520 g/mol. The third-order valence-electron chi connectivity index (χ3n) is 6.91. The third-order valence-corrected chi connectivity index (χ3v) is 6.91. The zero-order chi connectivity index (χ0) is 27.6. The summed E-state index contributed by atoms with van der Waals surface area (Å²) in [5.74, 6) is -0.718. The third kappa shape index (κ3) is 5.70. The van der Waals surface area contributed by atoms with Crippen molar-refractivity contribution in [3.05, 3.63) is 114 Å². The van der Waals surface area contributed by atoms with Crippen molar-refractivity contribution < 1.29 is 14.4 Å². The molecule has 1 aliphatic heterocycles. The van der Waals surface area contributed by atoms with Crippen LogP contribution in [0.15, 0.2) is 97.1 Å². The van der Waals surface area contributed by atoms with Crippen LogP contribution in [0.1, 0.15) is 42.3 Å². The molecule has 1 heterocycles. The fourth-order valence-corrected chi connectivity index (χ4v) is 5.15. The Morgan fingerprint density at radius 3 is 2.08 bits per heavy atom. The van der Waals surface area contributed by atoms with Gasteiger partial charge in [-0.15, -0.1) is 0 Å². The Morgan fingerprint density at radius 1 is 0.821 bits per heavy atom. The van der Waals surface area contributed by atoms with E-state index in [1.54, 1.807) is 15.9 Å². The van der Waals surface area contributed by atoms with E-state index in [0.29, 0.717) is 12.0 Å². The van der Waals surface area contributed by atoms with Gasteiger partial charge in [0.05, 0.1) is 5.69 Å². The molecule has 0 radical (unpaired) electrons. The average Bonchev–Trinajstić information content (AvgIpc) is 3.18. The van der Waals surface area contributed by atoms with Crippen molar-refractivity contribution >= 4 is 34.2 Å². The lowest BCUT2D eigenvalue weighted by molar-refractivity contribution is -0.140. The standard InChI is InChI=1S/C33H33N3O3/c1-33(2,3)34-31(38)28(20-23-12-6-4-7-13-23)35(21-24-14-8-5-9-15-24)29(37)22-36-27-19-11-17-25-16-10-18-26(30(25)27)32(36)39/h4-19,28H,20-22H2,1-3H3,(H,34,38)/t28-/m1/s1. The second-order valence-corrected chi connectivity index (χ2v) is 11.0. The van der Waals surface area contributed by atoms with Gasteiger partial charge in [-0.05, 0) is 49.4 Å². The van der Waals surface area contributed by atoms with E-state index in [2.05, 4.69) is 5.32 Å². The summed E-state index contributed by atoms with van der Waals surface area (Å²) in [6.45, 7) is 5.86. The molecular formula is C33H33N3O3. The van der Waals surface area contributed by atoms with Gasteiger partial charge in [0, 0.05) is 29.5 Å². The maximum Gasteiger partial charge on any atom is 0.259 e. The highest BCUT2D eigenvalue weighted by Crippen LogP contribution is 2.37. The van der Waals surface area contributed by atoms with Crippen molar-refractivity contribution in [2.75, 3.05) is 11.4 Å². The van der Waals surface area contributed by atoms with Crippen LogP contribution in [0.3, 0.4) is 0 Å². The molecule has 39 heavy (non-hydrogen) atoms. The second kappa shape index (κ2) is 10.7.